The summed E-state index contributed by atoms with van der Waals surface area (Å²) >= 11 is 0. The van der Waals surface area contributed by atoms with Gasteiger partial charge in [0.2, 0.25) is 0 Å². The summed E-state index contributed by atoms with van der Waals surface area (Å²) in [6.45, 7) is 9.62. The van der Waals surface area contributed by atoms with Crippen molar-refractivity contribution in [2.24, 2.45) is 11.8 Å². The van der Waals surface area contributed by atoms with Crippen molar-refractivity contribution in [1.29, 1.82) is 0 Å². The number of hydrogen-bond acceptors (Lipinski definition) is 15. The summed E-state index contributed by atoms with van der Waals surface area (Å²) in [6.07, 6.45) is 51.1. The number of unbranched alkanes of at least 4 members (excludes halogenated alkanes) is 40. The molecule has 0 aliphatic heterocycles. The minimum atomic E-state index is -4.95. The van der Waals surface area contributed by atoms with Crippen LogP contribution in [0.4, 0.5) is 0 Å². The molecule has 0 aliphatic rings. The molecule has 0 saturated heterocycles. The van der Waals surface area contributed by atoms with Crippen LogP contribution >= 0.6 is 15.6 Å². The van der Waals surface area contributed by atoms with E-state index in [1.165, 1.54) is 193 Å². The molecule has 0 spiro atoms. The van der Waals surface area contributed by atoms with E-state index in [1.807, 2.05) is 0 Å². The van der Waals surface area contributed by atoms with Crippen LogP contribution in [0, 0.1) is 11.8 Å². The molecule has 0 radical (unpaired) electrons. The lowest BCUT2D eigenvalue weighted by molar-refractivity contribution is -0.161. The highest BCUT2D eigenvalue weighted by Crippen LogP contribution is 2.45. The Kier molecular flexibility index (Phi) is 63.7. The summed E-state index contributed by atoms with van der Waals surface area (Å²) in [5, 5.41) is 10.6. The molecule has 17 nitrogen and oxygen atoms in total. The fourth-order valence-electron chi connectivity index (χ4n) is 11.1. The molecule has 4 unspecified atom stereocenters. The lowest BCUT2D eigenvalue weighted by atomic mass is 9.99. The summed E-state index contributed by atoms with van der Waals surface area (Å²) in [6, 6.07) is 0. The zero-order valence-corrected chi connectivity index (χ0v) is 61.6. The van der Waals surface area contributed by atoms with Crippen molar-refractivity contribution in [2.45, 2.75) is 394 Å². The standard InChI is InChI=1S/C73H142O17P2/c1-7-11-13-15-17-19-25-30-37-43-49-55-70(75)83-61-68(89-72(77)57-51-45-39-31-26-20-18-16-14-12-8-2)63-87-91(79,80)85-59-67(74)60-86-92(81,82)88-64-69(62-84-71(76)56-50-44-38-34-33-36-42-48-54-66(6)10-4)90-73(78)58-52-46-40-32-28-24-22-21-23-27-29-35-41-47-53-65(5)9-3/h65-69,74H,7-64H2,1-6H3,(H,79,80)(H,81,82)/t65?,66?,67-,68+,69+/m0/s1. The van der Waals surface area contributed by atoms with Gasteiger partial charge in [-0.15, -0.1) is 0 Å². The largest absolute Gasteiger partial charge is 0.472 e. The quantitative estimate of drug-likeness (QED) is 0.0222. The Balaban J connectivity index is 5.24. The van der Waals surface area contributed by atoms with Crippen LogP contribution in [0.1, 0.15) is 375 Å². The first-order valence-corrected chi connectivity index (χ1v) is 41.1. The van der Waals surface area contributed by atoms with Gasteiger partial charge in [-0.3, -0.25) is 37.3 Å². The highest BCUT2D eigenvalue weighted by atomic mass is 31.2. The second-order valence-electron chi connectivity index (χ2n) is 26.8. The number of aliphatic hydroxyl groups is 1. The molecule has 0 aliphatic carbocycles. The SMILES string of the molecule is CCCCCCCCCCCCCC(=O)OC[C@H](COP(=O)(O)OC[C@H](O)COP(=O)(O)OC[C@@H](COC(=O)CCCCCCCCCCC(C)CC)OC(=O)CCCCCCCCCCCCCCCCC(C)CC)OC(=O)CCCCCCCCCCCCC. The number of esters is 4. The van der Waals surface area contributed by atoms with Crippen molar-refractivity contribution < 1.29 is 80.2 Å². The zero-order chi connectivity index (χ0) is 67.9. The van der Waals surface area contributed by atoms with Gasteiger partial charge >= 0.3 is 39.5 Å². The average Bonchev–Trinajstić information content (AvgIpc) is 3.08. The smallest absolute Gasteiger partial charge is 0.462 e. The van der Waals surface area contributed by atoms with Crippen molar-refractivity contribution in [2.75, 3.05) is 39.6 Å². The maximum Gasteiger partial charge on any atom is 0.472 e. The Bertz CT molecular complexity index is 1790. The first-order chi connectivity index (χ1) is 44.4. The van der Waals surface area contributed by atoms with Gasteiger partial charge in [0, 0.05) is 25.7 Å². The monoisotopic (exact) mass is 1350 g/mol. The number of carbonyl (C=O) groups is 4. The van der Waals surface area contributed by atoms with Crippen molar-refractivity contribution in [3.8, 4) is 0 Å². The van der Waals surface area contributed by atoms with Gasteiger partial charge in [0.25, 0.3) is 0 Å². The van der Waals surface area contributed by atoms with Crippen molar-refractivity contribution >= 4 is 39.5 Å². The van der Waals surface area contributed by atoms with Crippen LogP contribution in [0.2, 0.25) is 0 Å². The van der Waals surface area contributed by atoms with Gasteiger partial charge < -0.3 is 33.8 Å². The van der Waals surface area contributed by atoms with Crippen LogP contribution in [-0.2, 0) is 65.4 Å². The predicted molar refractivity (Wildman–Crippen MR) is 372 cm³/mol. The third kappa shape index (κ3) is 64.1. The molecule has 7 atom stereocenters. The molecule has 0 fully saturated rings. The first kappa shape index (κ1) is 90.1. The molecule has 0 aromatic carbocycles. The summed E-state index contributed by atoms with van der Waals surface area (Å²) < 4.78 is 68.4. The topological polar surface area (TPSA) is 237 Å². The Labute approximate surface area is 562 Å². The normalized spacial score (nSPS) is 14.7. The average molecular weight is 1350 g/mol. The number of carbonyl (C=O) groups excluding carboxylic acids is 4. The predicted octanol–water partition coefficient (Wildman–Crippen LogP) is 21.2. The van der Waals surface area contributed by atoms with Gasteiger partial charge in [0.1, 0.15) is 19.3 Å². The Hall–Kier alpha value is -1.94. The number of aliphatic hydroxyl groups excluding tert-OH is 1. The van der Waals surface area contributed by atoms with Gasteiger partial charge in [-0.05, 0) is 37.5 Å². The van der Waals surface area contributed by atoms with Crippen LogP contribution in [0.5, 0.6) is 0 Å². The molecule has 92 heavy (non-hydrogen) atoms. The van der Waals surface area contributed by atoms with E-state index in [4.69, 9.17) is 37.0 Å². The minimum Gasteiger partial charge on any atom is -0.462 e. The molecule has 0 aromatic heterocycles. The highest BCUT2D eigenvalue weighted by Gasteiger charge is 2.30. The van der Waals surface area contributed by atoms with Crippen LogP contribution in [0.15, 0.2) is 0 Å². The minimum absolute atomic E-state index is 0.107. The maximum atomic E-state index is 13.1. The molecular formula is C73H142O17P2. The van der Waals surface area contributed by atoms with Gasteiger partial charge in [-0.1, -0.05) is 324 Å². The van der Waals surface area contributed by atoms with E-state index in [9.17, 15) is 43.2 Å². The number of phosphoric ester groups is 2. The third-order valence-corrected chi connectivity index (χ3v) is 19.6. The Morgan fingerprint density at radius 1 is 0.304 bits per heavy atom. The second-order valence-corrected chi connectivity index (χ2v) is 29.7. The molecule has 0 rings (SSSR count). The van der Waals surface area contributed by atoms with E-state index in [0.29, 0.717) is 25.7 Å². The fourth-order valence-corrected chi connectivity index (χ4v) is 12.6. The molecule has 0 bridgehead atoms. The fraction of sp³-hybridized carbons (Fsp3) is 0.945. The molecule has 0 heterocycles. The summed E-state index contributed by atoms with van der Waals surface area (Å²) in [5.41, 5.74) is 0. The second kappa shape index (κ2) is 65.0. The maximum absolute atomic E-state index is 13.1. The van der Waals surface area contributed by atoms with E-state index >= 15 is 0 Å². The number of ether oxygens (including phenoxy) is 4. The third-order valence-electron chi connectivity index (χ3n) is 17.7. The van der Waals surface area contributed by atoms with Gasteiger partial charge in [0.05, 0.1) is 26.4 Å². The molecular weight excluding hydrogens is 1210 g/mol. The van der Waals surface area contributed by atoms with E-state index < -0.39 is 97.5 Å². The zero-order valence-electron chi connectivity index (χ0n) is 59.9. The number of rotatable bonds is 72. The van der Waals surface area contributed by atoms with E-state index in [0.717, 1.165) is 102 Å². The van der Waals surface area contributed by atoms with E-state index in [-0.39, 0.29) is 25.7 Å². The molecule has 0 aromatic rings. The van der Waals surface area contributed by atoms with Crippen LogP contribution in [0.3, 0.4) is 0 Å². The number of hydrogen-bond donors (Lipinski definition) is 3. The molecule has 546 valence electrons. The Morgan fingerprint density at radius 2 is 0.522 bits per heavy atom. The van der Waals surface area contributed by atoms with Gasteiger partial charge in [-0.25, -0.2) is 9.13 Å². The van der Waals surface area contributed by atoms with Gasteiger partial charge in [-0.2, -0.15) is 0 Å². The van der Waals surface area contributed by atoms with Crippen LogP contribution in [0.25, 0.3) is 0 Å². The van der Waals surface area contributed by atoms with Crippen molar-refractivity contribution in [3.63, 3.8) is 0 Å². The van der Waals surface area contributed by atoms with Gasteiger partial charge in [0.15, 0.2) is 12.2 Å². The lowest BCUT2D eigenvalue weighted by Crippen LogP contribution is -2.30. The summed E-state index contributed by atoms with van der Waals surface area (Å²) in [7, 11) is -9.90. The molecule has 19 heteroatoms. The van der Waals surface area contributed by atoms with E-state index in [1.54, 1.807) is 0 Å². The Morgan fingerprint density at radius 3 is 0.772 bits per heavy atom. The highest BCUT2D eigenvalue weighted by molar-refractivity contribution is 7.47. The first-order valence-electron chi connectivity index (χ1n) is 38.1. The molecule has 0 saturated carbocycles. The summed E-state index contributed by atoms with van der Waals surface area (Å²) in [4.78, 5) is 72.7. The van der Waals surface area contributed by atoms with E-state index in [2.05, 4.69) is 41.5 Å². The number of phosphoric acid groups is 2. The van der Waals surface area contributed by atoms with Crippen LogP contribution in [-0.4, -0.2) is 96.7 Å². The van der Waals surface area contributed by atoms with Crippen molar-refractivity contribution in [3.05, 3.63) is 0 Å². The van der Waals surface area contributed by atoms with Crippen LogP contribution < -0.4 is 0 Å². The molecule has 0 amide bonds. The molecule has 3 N–H and O–H groups in total. The van der Waals surface area contributed by atoms with Crippen molar-refractivity contribution in [1.82, 2.24) is 0 Å². The lowest BCUT2D eigenvalue weighted by Gasteiger charge is -2.21. The summed E-state index contributed by atoms with van der Waals surface area (Å²) in [5.74, 6) is -0.495.